The second-order valence-corrected chi connectivity index (χ2v) is 9.43. The third kappa shape index (κ3) is 8.61. The topological polar surface area (TPSA) is 109 Å². The third-order valence-corrected chi connectivity index (χ3v) is 6.29. The minimum atomic E-state index is -0.487. The Balaban J connectivity index is 1.81. The van der Waals surface area contributed by atoms with E-state index in [-0.39, 0.29) is 24.1 Å². The number of likely N-dealkylation sites (N-methyl/N-ethyl adjacent to an activating group) is 1. The molecule has 2 aromatic carbocycles. The first-order valence-corrected chi connectivity index (χ1v) is 12.7. The van der Waals surface area contributed by atoms with E-state index < -0.39 is 17.9 Å². The third-order valence-electron chi connectivity index (χ3n) is 6.06. The molecule has 1 amide bonds. The van der Waals surface area contributed by atoms with Gasteiger partial charge in [-0.05, 0) is 56.1 Å². The summed E-state index contributed by atoms with van der Waals surface area (Å²) >= 11 is 6.05. The zero-order valence-corrected chi connectivity index (χ0v) is 22.5. The highest BCUT2D eigenvalue weighted by molar-refractivity contribution is 6.30. The van der Waals surface area contributed by atoms with E-state index in [1.165, 1.54) is 18.3 Å². The lowest BCUT2D eigenvalue weighted by molar-refractivity contribution is -0.149. The first-order valence-electron chi connectivity index (χ1n) is 12.4. The van der Waals surface area contributed by atoms with Crippen LogP contribution in [0.15, 0.2) is 48.7 Å². The van der Waals surface area contributed by atoms with Gasteiger partial charge in [0.15, 0.2) is 5.69 Å². The average Bonchev–Trinajstić information content (AvgIpc) is 3.44. The number of amides is 1. The molecule has 3 aromatic rings. The molecule has 204 valence electrons. The number of methoxy groups -OCH3 is 1. The van der Waals surface area contributed by atoms with Crippen molar-refractivity contribution in [2.24, 2.45) is 5.92 Å². The van der Waals surface area contributed by atoms with Crippen molar-refractivity contribution in [2.45, 2.75) is 25.8 Å². The fourth-order valence-electron chi connectivity index (χ4n) is 4.15. The van der Waals surface area contributed by atoms with Gasteiger partial charge >= 0.3 is 5.97 Å². The molecule has 38 heavy (non-hydrogen) atoms. The highest BCUT2D eigenvalue weighted by Gasteiger charge is 2.27. The number of esters is 1. The molecule has 9 nitrogen and oxygen atoms in total. The number of halogens is 2. The molecule has 0 aliphatic carbocycles. The summed E-state index contributed by atoms with van der Waals surface area (Å²) in [5.74, 6) is -1.59. The van der Waals surface area contributed by atoms with E-state index in [0.717, 1.165) is 5.56 Å². The van der Waals surface area contributed by atoms with E-state index in [1.807, 2.05) is 36.2 Å². The van der Waals surface area contributed by atoms with Crippen molar-refractivity contribution in [3.63, 3.8) is 0 Å². The van der Waals surface area contributed by atoms with Gasteiger partial charge in [-0.2, -0.15) is 15.4 Å². The maximum absolute atomic E-state index is 14.3. The Morgan fingerprint density at radius 3 is 2.63 bits per heavy atom. The molecule has 0 aliphatic heterocycles. The summed E-state index contributed by atoms with van der Waals surface area (Å²) in [6.45, 7) is 3.62. The Hall–Kier alpha value is -3.34. The molecule has 0 aliphatic rings. The maximum Gasteiger partial charge on any atom is 0.310 e. The highest BCUT2D eigenvalue weighted by Crippen LogP contribution is 2.27. The first-order chi connectivity index (χ1) is 18.3. The Morgan fingerprint density at radius 2 is 1.97 bits per heavy atom. The Morgan fingerprint density at radius 1 is 1.21 bits per heavy atom. The molecule has 0 unspecified atom stereocenters. The largest absolute Gasteiger partial charge is 0.466 e. The van der Waals surface area contributed by atoms with Crippen molar-refractivity contribution in [1.82, 2.24) is 25.6 Å². The van der Waals surface area contributed by atoms with Gasteiger partial charge in [-0.25, -0.2) is 4.39 Å². The van der Waals surface area contributed by atoms with Gasteiger partial charge in [0.25, 0.3) is 5.91 Å². The van der Waals surface area contributed by atoms with Crippen LogP contribution in [0.25, 0.3) is 11.1 Å². The lowest BCUT2D eigenvalue weighted by Crippen LogP contribution is -2.42. The predicted molar refractivity (Wildman–Crippen MR) is 142 cm³/mol. The number of rotatable bonds is 14. The number of aromatic nitrogens is 3. The molecule has 11 heteroatoms. The number of nitrogens with zero attached hydrogens (tertiary/aromatic N) is 3. The van der Waals surface area contributed by atoms with Gasteiger partial charge in [0.05, 0.1) is 25.3 Å². The Labute approximate surface area is 226 Å². The van der Waals surface area contributed by atoms with E-state index in [0.29, 0.717) is 48.7 Å². The zero-order valence-electron chi connectivity index (χ0n) is 21.7. The van der Waals surface area contributed by atoms with Crippen LogP contribution in [0.3, 0.4) is 0 Å². The van der Waals surface area contributed by atoms with Crippen molar-refractivity contribution in [2.75, 3.05) is 40.5 Å². The molecule has 0 spiro atoms. The van der Waals surface area contributed by atoms with Gasteiger partial charge in [-0.3, -0.25) is 9.59 Å². The summed E-state index contributed by atoms with van der Waals surface area (Å²) in [5.41, 5.74) is 2.13. The van der Waals surface area contributed by atoms with E-state index >= 15 is 0 Å². The molecule has 0 radical (unpaired) electrons. The molecule has 0 saturated heterocycles. The maximum atomic E-state index is 14.3. The molecule has 2 N–H and O–H groups in total. The molecule has 3 rings (SSSR count). The number of hydrogen-bond donors (Lipinski definition) is 2. The number of carbonyl (C=O) groups is 2. The SMILES string of the molecule is CCOC(=O)[C@@H](C[C@@H](Cc1ccc(-c2cc(Cl)ccc2F)cc1)NC(=O)c1cn[nH]n1)CN(C)CCOC. The normalized spacial score (nSPS) is 12.8. The average molecular weight is 546 g/mol. The standard InChI is InChI=1S/C27H33ClFN5O4/c1-4-38-27(36)20(17-34(2)11-12-37-3)14-22(31-26(35)25-16-30-33-32-25)13-18-5-7-19(8-6-18)23-15-21(28)9-10-24(23)29/h5-10,15-16,20,22H,4,11-14,17H2,1-3H3,(H,31,35)(H,30,32,33)/t20-,22+/m0/s1. The van der Waals surface area contributed by atoms with Crippen molar-refractivity contribution < 1.29 is 23.5 Å². The monoisotopic (exact) mass is 545 g/mol. The number of ether oxygens (including phenoxy) is 2. The van der Waals surface area contributed by atoms with Gasteiger partial charge < -0.3 is 19.7 Å². The second-order valence-electron chi connectivity index (χ2n) is 8.99. The highest BCUT2D eigenvalue weighted by atomic mass is 35.5. The van der Waals surface area contributed by atoms with Crippen LogP contribution in [0.2, 0.25) is 5.02 Å². The van der Waals surface area contributed by atoms with Crippen LogP contribution in [-0.4, -0.2) is 78.7 Å². The van der Waals surface area contributed by atoms with Gasteiger partial charge in [0, 0.05) is 36.8 Å². The van der Waals surface area contributed by atoms with Gasteiger partial charge in [-0.15, -0.1) is 0 Å². The summed E-state index contributed by atoms with van der Waals surface area (Å²) in [6.07, 6.45) is 2.10. The number of hydrogen-bond acceptors (Lipinski definition) is 7. The van der Waals surface area contributed by atoms with E-state index in [2.05, 4.69) is 20.7 Å². The van der Waals surface area contributed by atoms with Gasteiger partial charge in [0.2, 0.25) is 0 Å². The molecular formula is C27H33ClFN5O4. The number of H-pyrrole nitrogens is 1. The van der Waals surface area contributed by atoms with E-state index in [4.69, 9.17) is 21.1 Å². The lowest BCUT2D eigenvalue weighted by Gasteiger charge is -2.27. The van der Waals surface area contributed by atoms with Crippen LogP contribution >= 0.6 is 11.6 Å². The van der Waals surface area contributed by atoms with Crippen molar-refractivity contribution in [1.29, 1.82) is 0 Å². The lowest BCUT2D eigenvalue weighted by atomic mass is 9.93. The number of carbonyl (C=O) groups excluding carboxylic acids is 2. The molecular weight excluding hydrogens is 513 g/mol. The summed E-state index contributed by atoms with van der Waals surface area (Å²) in [6, 6.07) is 11.4. The fraction of sp³-hybridized carbons (Fsp3) is 0.407. The van der Waals surface area contributed by atoms with Crippen molar-refractivity contribution in [3.05, 3.63) is 70.8 Å². The summed E-state index contributed by atoms with van der Waals surface area (Å²) in [4.78, 5) is 27.7. The van der Waals surface area contributed by atoms with E-state index in [1.54, 1.807) is 20.1 Å². The zero-order chi connectivity index (χ0) is 27.5. The Kier molecular flexibility index (Phi) is 11.2. The van der Waals surface area contributed by atoms with Crippen LogP contribution in [0.1, 0.15) is 29.4 Å². The summed E-state index contributed by atoms with van der Waals surface area (Å²) < 4.78 is 24.8. The predicted octanol–water partition coefficient (Wildman–Crippen LogP) is 3.75. The minimum Gasteiger partial charge on any atom is -0.466 e. The summed E-state index contributed by atoms with van der Waals surface area (Å²) in [7, 11) is 3.53. The van der Waals surface area contributed by atoms with Crippen LogP contribution in [0, 0.1) is 11.7 Å². The van der Waals surface area contributed by atoms with Gasteiger partial charge in [-0.1, -0.05) is 35.9 Å². The minimum absolute atomic E-state index is 0.145. The molecule has 0 saturated carbocycles. The first kappa shape index (κ1) is 29.2. The molecule has 1 heterocycles. The van der Waals surface area contributed by atoms with E-state index in [9.17, 15) is 14.0 Å². The van der Waals surface area contributed by atoms with Crippen LogP contribution in [0.5, 0.6) is 0 Å². The fourth-order valence-corrected chi connectivity index (χ4v) is 4.32. The molecule has 0 bridgehead atoms. The summed E-state index contributed by atoms with van der Waals surface area (Å²) in [5, 5.41) is 13.4. The van der Waals surface area contributed by atoms with Crippen LogP contribution in [0.4, 0.5) is 4.39 Å². The number of benzene rings is 2. The molecule has 2 atom stereocenters. The quantitative estimate of drug-likeness (QED) is 0.297. The number of nitrogens with one attached hydrogen (secondary N) is 2. The van der Waals surface area contributed by atoms with Crippen LogP contribution in [-0.2, 0) is 20.7 Å². The molecule has 1 aromatic heterocycles. The van der Waals surface area contributed by atoms with Crippen molar-refractivity contribution in [3.8, 4) is 11.1 Å². The second kappa shape index (κ2) is 14.6. The number of aromatic amines is 1. The van der Waals surface area contributed by atoms with Crippen molar-refractivity contribution >= 4 is 23.5 Å². The smallest absolute Gasteiger partial charge is 0.310 e. The van der Waals surface area contributed by atoms with Crippen LogP contribution < -0.4 is 5.32 Å². The molecule has 0 fully saturated rings. The van der Waals surface area contributed by atoms with Gasteiger partial charge in [0.1, 0.15) is 5.82 Å². The Bertz CT molecular complexity index is 1180.